The number of non-ortho nitro benzene ring substituents is 1. The minimum absolute atomic E-state index is 0.00999. The summed E-state index contributed by atoms with van der Waals surface area (Å²) in [5, 5.41) is 15.5. The first-order chi connectivity index (χ1) is 13.0. The number of thiophene rings is 1. The number of piperidine rings is 1. The van der Waals surface area contributed by atoms with Gasteiger partial charge in [-0.05, 0) is 30.4 Å². The minimum Gasteiger partial charge on any atom is -0.495 e. The van der Waals surface area contributed by atoms with Gasteiger partial charge in [0.15, 0.2) is 0 Å². The Kier molecular flexibility index (Phi) is 5.70. The molecule has 142 valence electrons. The lowest BCUT2D eigenvalue weighted by Crippen LogP contribution is -2.41. The Balaban J connectivity index is 1.62. The van der Waals surface area contributed by atoms with Crippen LogP contribution in [0, 0.1) is 16.0 Å². The highest BCUT2D eigenvalue weighted by Crippen LogP contribution is 2.30. The first kappa shape index (κ1) is 18.8. The Morgan fingerprint density at radius 1 is 1.30 bits per heavy atom. The molecular formula is C18H19N3O5S. The largest absolute Gasteiger partial charge is 0.495 e. The van der Waals surface area contributed by atoms with Crippen LogP contribution in [0.3, 0.4) is 0 Å². The smallest absolute Gasteiger partial charge is 0.271 e. The number of carbonyl (C=O) groups excluding carboxylic acids is 2. The van der Waals surface area contributed by atoms with Crippen molar-refractivity contribution in [3.63, 3.8) is 0 Å². The summed E-state index contributed by atoms with van der Waals surface area (Å²) in [6.45, 7) is 1.00. The van der Waals surface area contributed by atoms with E-state index in [1.54, 1.807) is 11.0 Å². The molecule has 1 aliphatic rings. The second-order valence-corrected chi connectivity index (χ2v) is 7.12. The van der Waals surface area contributed by atoms with Crippen LogP contribution >= 0.6 is 11.3 Å². The third-order valence-electron chi connectivity index (χ3n) is 4.54. The van der Waals surface area contributed by atoms with Gasteiger partial charge in [-0.3, -0.25) is 19.7 Å². The molecule has 1 aliphatic heterocycles. The topological polar surface area (TPSA) is 102 Å². The molecule has 8 nitrogen and oxygen atoms in total. The van der Waals surface area contributed by atoms with Gasteiger partial charge < -0.3 is 15.0 Å². The maximum Gasteiger partial charge on any atom is 0.271 e. The molecule has 0 atom stereocenters. The average Bonchev–Trinajstić information content (AvgIpc) is 3.22. The summed E-state index contributed by atoms with van der Waals surface area (Å²) in [5.41, 5.74) is 0.149. The third-order valence-corrected chi connectivity index (χ3v) is 5.39. The van der Waals surface area contributed by atoms with Gasteiger partial charge in [0.25, 0.3) is 11.6 Å². The van der Waals surface area contributed by atoms with E-state index in [0.29, 0.717) is 36.6 Å². The van der Waals surface area contributed by atoms with Crippen molar-refractivity contribution >= 4 is 34.5 Å². The SMILES string of the molecule is COc1ccc([N+](=O)[O-])cc1NC(=O)C1CCN(C(=O)c2cccs2)CC1. The molecule has 0 spiro atoms. The predicted molar refractivity (Wildman–Crippen MR) is 101 cm³/mol. The molecule has 0 aliphatic carbocycles. The van der Waals surface area contributed by atoms with Crippen molar-refractivity contribution < 1.29 is 19.2 Å². The summed E-state index contributed by atoms with van der Waals surface area (Å²) < 4.78 is 5.17. The van der Waals surface area contributed by atoms with Gasteiger partial charge in [0.1, 0.15) is 5.75 Å². The Bertz CT molecular complexity index is 845. The van der Waals surface area contributed by atoms with E-state index < -0.39 is 4.92 Å². The molecule has 1 aromatic heterocycles. The van der Waals surface area contributed by atoms with Gasteiger partial charge in [-0.15, -0.1) is 11.3 Å². The maximum atomic E-state index is 12.6. The van der Waals surface area contributed by atoms with E-state index in [2.05, 4.69) is 5.32 Å². The van der Waals surface area contributed by atoms with Crippen molar-refractivity contribution in [2.75, 3.05) is 25.5 Å². The van der Waals surface area contributed by atoms with Crippen LogP contribution in [-0.4, -0.2) is 41.8 Å². The second kappa shape index (κ2) is 8.17. The zero-order valence-corrected chi connectivity index (χ0v) is 15.5. The van der Waals surface area contributed by atoms with Crippen LogP contribution in [0.25, 0.3) is 0 Å². The van der Waals surface area contributed by atoms with Gasteiger partial charge in [0, 0.05) is 31.1 Å². The molecule has 0 radical (unpaired) electrons. The Hall–Kier alpha value is -2.94. The van der Waals surface area contributed by atoms with E-state index >= 15 is 0 Å². The lowest BCUT2D eigenvalue weighted by molar-refractivity contribution is -0.384. The number of nitrogens with zero attached hydrogens (tertiary/aromatic N) is 2. The number of anilines is 1. The highest BCUT2D eigenvalue weighted by Gasteiger charge is 2.28. The Morgan fingerprint density at radius 3 is 2.63 bits per heavy atom. The van der Waals surface area contributed by atoms with Gasteiger partial charge >= 0.3 is 0 Å². The standard InChI is InChI=1S/C18H19N3O5S/c1-26-15-5-4-13(21(24)25)11-14(15)19-17(22)12-6-8-20(9-7-12)18(23)16-3-2-10-27-16/h2-5,10-12H,6-9H2,1H3,(H,19,22). The zero-order valence-electron chi connectivity index (χ0n) is 14.7. The van der Waals surface area contributed by atoms with Crippen LogP contribution in [0.1, 0.15) is 22.5 Å². The zero-order chi connectivity index (χ0) is 19.4. The molecule has 1 saturated heterocycles. The number of hydrogen-bond acceptors (Lipinski definition) is 6. The summed E-state index contributed by atoms with van der Waals surface area (Å²) >= 11 is 1.40. The number of likely N-dealkylation sites (tertiary alicyclic amines) is 1. The highest BCUT2D eigenvalue weighted by atomic mass is 32.1. The summed E-state index contributed by atoms with van der Waals surface area (Å²) in [7, 11) is 1.44. The molecule has 1 N–H and O–H groups in total. The van der Waals surface area contributed by atoms with E-state index in [0.717, 1.165) is 0 Å². The van der Waals surface area contributed by atoms with E-state index in [1.807, 2.05) is 11.4 Å². The summed E-state index contributed by atoms with van der Waals surface area (Å²) in [6, 6.07) is 7.69. The molecule has 0 saturated carbocycles. The molecule has 27 heavy (non-hydrogen) atoms. The molecule has 1 aromatic carbocycles. The maximum absolute atomic E-state index is 12.6. The van der Waals surface area contributed by atoms with E-state index in [9.17, 15) is 19.7 Å². The molecule has 0 bridgehead atoms. The predicted octanol–water partition coefficient (Wildman–Crippen LogP) is 3.16. The first-order valence-corrected chi connectivity index (χ1v) is 9.33. The summed E-state index contributed by atoms with van der Waals surface area (Å²) in [5.74, 6) is -0.137. The molecule has 2 heterocycles. The molecule has 2 aromatic rings. The van der Waals surface area contributed by atoms with E-state index in [4.69, 9.17) is 4.74 Å². The minimum atomic E-state index is -0.524. The van der Waals surface area contributed by atoms with Crippen LogP contribution in [0.5, 0.6) is 5.75 Å². The normalized spacial score (nSPS) is 14.6. The number of rotatable bonds is 5. The first-order valence-electron chi connectivity index (χ1n) is 8.45. The number of hydrogen-bond donors (Lipinski definition) is 1. The molecular weight excluding hydrogens is 370 g/mol. The molecule has 2 amide bonds. The van der Waals surface area contributed by atoms with Crippen LogP contribution in [-0.2, 0) is 4.79 Å². The monoisotopic (exact) mass is 389 g/mol. The van der Waals surface area contributed by atoms with E-state index in [1.165, 1.54) is 36.6 Å². The molecule has 1 fully saturated rings. The Morgan fingerprint density at radius 2 is 2.04 bits per heavy atom. The lowest BCUT2D eigenvalue weighted by Gasteiger charge is -2.31. The number of nitro groups is 1. The van der Waals surface area contributed by atoms with Crippen molar-refractivity contribution in [1.29, 1.82) is 0 Å². The molecule has 9 heteroatoms. The summed E-state index contributed by atoms with van der Waals surface area (Å²) in [4.78, 5) is 37.8. The molecule has 0 unspecified atom stereocenters. The van der Waals surface area contributed by atoms with Crippen LogP contribution in [0.15, 0.2) is 35.7 Å². The number of methoxy groups -OCH3 is 1. The highest BCUT2D eigenvalue weighted by molar-refractivity contribution is 7.12. The fourth-order valence-corrected chi connectivity index (χ4v) is 3.73. The number of benzene rings is 1. The van der Waals surface area contributed by atoms with Crippen LogP contribution < -0.4 is 10.1 Å². The van der Waals surface area contributed by atoms with Gasteiger partial charge in [0.05, 0.1) is 22.6 Å². The molecule has 3 rings (SSSR count). The second-order valence-electron chi connectivity index (χ2n) is 6.17. The van der Waals surface area contributed by atoms with Crippen molar-refractivity contribution in [1.82, 2.24) is 4.90 Å². The number of nitrogens with one attached hydrogen (secondary N) is 1. The fraction of sp³-hybridized carbons (Fsp3) is 0.333. The quantitative estimate of drug-likeness (QED) is 0.625. The van der Waals surface area contributed by atoms with Gasteiger partial charge in [-0.2, -0.15) is 0 Å². The fourth-order valence-electron chi connectivity index (χ4n) is 3.04. The van der Waals surface area contributed by atoms with Gasteiger partial charge in [-0.25, -0.2) is 0 Å². The number of nitro benzene ring substituents is 1. The lowest BCUT2D eigenvalue weighted by atomic mass is 9.95. The third kappa shape index (κ3) is 4.25. The van der Waals surface area contributed by atoms with E-state index in [-0.39, 0.29) is 29.1 Å². The van der Waals surface area contributed by atoms with Crippen LogP contribution in [0.2, 0.25) is 0 Å². The number of amides is 2. The van der Waals surface area contributed by atoms with Gasteiger partial charge in [-0.1, -0.05) is 6.07 Å². The number of carbonyl (C=O) groups is 2. The van der Waals surface area contributed by atoms with Crippen molar-refractivity contribution in [3.8, 4) is 5.75 Å². The van der Waals surface area contributed by atoms with Crippen molar-refractivity contribution in [2.45, 2.75) is 12.8 Å². The van der Waals surface area contributed by atoms with Crippen LogP contribution in [0.4, 0.5) is 11.4 Å². The Labute approximate surface area is 159 Å². The van der Waals surface area contributed by atoms with Gasteiger partial charge in [0.2, 0.25) is 5.91 Å². The average molecular weight is 389 g/mol. The van der Waals surface area contributed by atoms with Crippen molar-refractivity contribution in [3.05, 3.63) is 50.7 Å². The summed E-state index contributed by atoms with van der Waals surface area (Å²) in [6.07, 6.45) is 1.08. The van der Waals surface area contributed by atoms with Crippen molar-refractivity contribution in [2.24, 2.45) is 5.92 Å². The number of ether oxygens (including phenoxy) is 1.